The summed E-state index contributed by atoms with van der Waals surface area (Å²) in [6.45, 7) is 1.33. The Morgan fingerprint density at radius 2 is 1.95 bits per heavy atom. The Morgan fingerprint density at radius 3 is 2.70 bits per heavy atom. The summed E-state index contributed by atoms with van der Waals surface area (Å²) in [6, 6.07) is 7.70. The third kappa shape index (κ3) is 6.44. The topological polar surface area (TPSA) is 55.1 Å². The highest BCUT2D eigenvalue weighted by Crippen LogP contribution is 2.09. The lowest BCUT2D eigenvalue weighted by molar-refractivity contribution is 0.0952. The second-order valence-electron chi connectivity index (χ2n) is 4.86. The van der Waals surface area contributed by atoms with Gasteiger partial charge in [0.15, 0.2) is 0 Å². The average Bonchev–Trinajstić information content (AvgIpc) is 2.47. The summed E-state index contributed by atoms with van der Waals surface area (Å²) in [5.41, 5.74) is 7.37. The second-order valence-corrected chi connectivity index (χ2v) is 5.84. The van der Waals surface area contributed by atoms with Gasteiger partial charge in [-0.3, -0.25) is 4.79 Å². The van der Waals surface area contributed by atoms with E-state index in [1.54, 1.807) is 0 Å². The Balaban J connectivity index is 2.29. The Bertz CT molecular complexity index is 396. The monoisotopic (exact) mass is 294 g/mol. The van der Waals surface area contributed by atoms with Gasteiger partial charge >= 0.3 is 0 Å². The maximum absolute atomic E-state index is 12.1. The number of hydrogen-bond acceptors (Lipinski definition) is 3. The lowest BCUT2D eigenvalue weighted by atomic mass is 10.0. The van der Waals surface area contributed by atoms with Gasteiger partial charge in [0.25, 0.3) is 5.91 Å². The smallest absolute Gasteiger partial charge is 0.251 e. The molecule has 0 saturated carbocycles. The zero-order chi connectivity index (χ0) is 14.6. The summed E-state index contributed by atoms with van der Waals surface area (Å²) in [5, 5.41) is 3.00. The molecule has 0 aliphatic carbocycles. The first-order valence-electron chi connectivity index (χ1n) is 7.34. The molecule has 3 nitrogen and oxygen atoms in total. The van der Waals surface area contributed by atoms with Gasteiger partial charge in [-0.25, -0.2) is 0 Å². The quantitative estimate of drug-likeness (QED) is 0.652. The average molecular weight is 294 g/mol. The lowest BCUT2D eigenvalue weighted by Crippen LogP contribution is -2.26. The minimum Gasteiger partial charge on any atom is -0.352 e. The number of carbonyl (C=O) groups is 1. The molecule has 0 heterocycles. The highest BCUT2D eigenvalue weighted by Gasteiger charge is 2.09. The van der Waals surface area contributed by atoms with E-state index in [0.29, 0.717) is 6.54 Å². The summed E-state index contributed by atoms with van der Waals surface area (Å²) >= 11 is 1.89. The van der Waals surface area contributed by atoms with E-state index >= 15 is 0 Å². The summed E-state index contributed by atoms with van der Waals surface area (Å²) in [5.74, 6) is 1.26. The standard InChI is InChI=1S/C16H26N2OS/c1-20-13-7-3-2-6-12-18-16(19)15-9-5-4-8-14(15)10-11-17/h4-5,8-9H,2-3,6-7,10-13,17H2,1H3,(H,18,19). The van der Waals surface area contributed by atoms with Crippen molar-refractivity contribution in [2.45, 2.75) is 32.1 Å². The van der Waals surface area contributed by atoms with Crippen LogP contribution in [0.1, 0.15) is 41.6 Å². The Labute approximate surface area is 126 Å². The van der Waals surface area contributed by atoms with E-state index in [4.69, 9.17) is 5.73 Å². The maximum atomic E-state index is 12.1. The zero-order valence-electron chi connectivity index (χ0n) is 12.4. The van der Waals surface area contributed by atoms with Crippen molar-refractivity contribution in [2.75, 3.05) is 25.1 Å². The fourth-order valence-corrected chi connectivity index (χ4v) is 2.63. The molecule has 0 atom stereocenters. The minimum atomic E-state index is 0.0261. The van der Waals surface area contributed by atoms with Gasteiger partial charge in [-0.05, 0) is 49.4 Å². The molecule has 20 heavy (non-hydrogen) atoms. The van der Waals surface area contributed by atoms with E-state index in [1.165, 1.54) is 25.0 Å². The highest BCUT2D eigenvalue weighted by atomic mass is 32.2. The highest BCUT2D eigenvalue weighted by molar-refractivity contribution is 7.98. The van der Waals surface area contributed by atoms with Gasteiger partial charge in [0.2, 0.25) is 0 Å². The summed E-state index contributed by atoms with van der Waals surface area (Å²) in [4.78, 5) is 12.1. The van der Waals surface area contributed by atoms with Gasteiger partial charge < -0.3 is 11.1 Å². The molecule has 0 aliphatic heterocycles. The summed E-state index contributed by atoms with van der Waals surface area (Å²) in [6.07, 6.45) is 7.65. The molecule has 0 fully saturated rings. The number of unbranched alkanes of at least 4 members (excludes halogenated alkanes) is 3. The van der Waals surface area contributed by atoms with Gasteiger partial charge in [-0.2, -0.15) is 11.8 Å². The van der Waals surface area contributed by atoms with E-state index in [-0.39, 0.29) is 5.91 Å². The SMILES string of the molecule is CSCCCCCCNC(=O)c1ccccc1CCN. The largest absolute Gasteiger partial charge is 0.352 e. The summed E-state index contributed by atoms with van der Waals surface area (Å²) in [7, 11) is 0. The predicted octanol–water partition coefficient (Wildman–Crippen LogP) is 2.84. The van der Waals surface area contributed by atoms with Crippen molar-refractivity contribution in [2.24, 2.45) is 5.73 Å². The number of benzene rings is 1. The number of hydrogen-bond donors (Lipinski definition) is 2. The zero-order valence-corrected chi connectivity index (χ0v) is 13.2. The molecule has 0 spiro atoms. The molecule has 112 valence electrons. The van der Waals surface area contributed by atoms with Crippen molar-refractivity contribution in [3.63, 3.8) is 0 Å². The van der Waals surface area contributed by atoms with Gasteiger partial charge in [0.1, 0.15) is 0 Å². The minimum absolute atomic E-state index is 0.0261. The Kier molecular flexibility index (Phi) is 9.16. The molecule has 4 heteroatoms. The van der Waals surface area contributed by atoms with Crippen LogP contribution in [0.3, 0.4) is 0 Å². The van der Waals surface area contributed by atoms with E-state index in [9.17, 15) is 4.79 Å². The third-order valence-corrected chi connectivity index (χ3v) is 3.93. The molecule has 0 bridgehead atoms. The first-order chi connectivity index (χ1) is 9.79. The van der Waals surface area contributed by atoms with Crippen LogP contribution in [-0.2, 0) is 6.42 Å². The van der Waals surface area contributed by atoms with E-state index < -0.39 is 0 Å². The van der Waals surface area contributed by atoms with Gasteiger partial charge in [-0.1, -0.05) is 31.0 Å². The fourth-order valence-electron chi connectivity index (χ4n) is 2.14. The Hall–Kier alpha value is -1.00. The number of carbonyl (C=O) groups excluding carboxylic acids is 1. The van der Waals surface area contributed by atoms with Gasteiger partial charge in [0.05, 0.1) is 0 Å². The predicted molar refractivity (Wildman–Crippen MR) is 88.4 cm³/mol. The first kappa shape index (κ1) is 17.1. The number of thioether (sulfide) groups is 1. The number of rotatable bonds is 10. The molecule has 0 unspecified atom stereocenters. The first-order valence-corrected chi connectivity index (χ1v) is 8.74. The van der Waals surface area contributed by atoms with E-state index in [0.717, 1.165) is 30.5 Å². The van der Waals surface area contributed by atoms with Gasteiger partial charge in [-0.15, -0.1) is 0 Å². The summed E-state index contributed by atoms with van der Waals surface area (Å²) < 4.78 is 0. The van der Waals surface area contributed by atoms with Gasteiger partial charge in [0, 0.05) is 12.1 Å². The normalized spacial score (nSPS) is 10.5. The molecule has 0 radical (unpaired) electrons. The van der Waals surface area contributed by atoms with Crippen LogP contribution in [0, 0.1) is 0 Å². The Morgan fingerprint density at radius 1 is 1.20 bits per heavy atom. The van der Waals surface area contributed by atoms with Crippen LogP contribution in [-0.4, -0.2) is 31.0 Å². The fraction of sp³-hybridized carbons (Fsp3) is 0.562. The van der Waals surface area contributed by atoms with E-state index in [1.807, 2.05) is 36.0 Å². The molecule has 0 aromatic heterocycles. The second kappa shape index (κ2) is 10.7. The van der Waals surface area contributed by atoms with Crippen molar-refractivity contribution in [1.82, 2.24) is 5.32 Å². The van der Waals surface area contributed by atoms with Crippen LogP contribution in [0.4, 0.5) is 0 Å². The van der Waals surface area contributed by atoms with Crippen LogP contribution in [0.25, 0.3) is 0 Å². The molecular weight excluding hydrogens is 268 g/mol. The molecule has 1 aromatic rings. The molecular formula is C16H26N2OS. The van der Waals surface area contributed by atoms with Crippen LogP contribution >= 0.6 is 11.8 Å². The molecule has 0 aliphatic rings. The van der Waals surface area contributed by atoms with Crippen LogP contribution in [0.15, 0.2) is 24.3 Å². The molecule has 3 N–H and O–H groups in total. The third-order valence-electron chi connectivity index (χ3n) is 3.24. The molecule has 1 rings (SSSR count). The van der Waals surface area contributed by atoms with Crippen LogP contribution in [0.2, 0.25) is 0 Å². The maximum Gasteiger partial charge on any atom is 0.251 e. The lowest BCUT2D eigenvalue weighted by Gasteiger charge is -2.09. The van der Waals surface area contributed by atoms with Crippen LogP contribution < -0.4 is 11.1 Å². The van der Waals surface area contributed by atoms with Crippen molar-refractivity contribution < 1.29 is 4.79 Å². The molecule has 0 saturated heterocycles. The van der Waals surface area contributed by atoms with Crippen molar-refractivity contribution in [3.05, 3.63) is 35.4 Å². The van der Waals surface area contributed by atoms with Crippen molar-refractivity contribution in [3.8, 4) is 0 Å². The number of amides is 1. The number of nitrogens with two attached hydrogens (primary N) is 1. The van der Waals surface area contributed by atoms with Crippen molar-refractivity contribution in [1.29, 1.82) is 0 Å². The number of nitrogens with one attached hydrogen (secondary N) is 1. The van der Waals surface area contributed by atoms with E-state index in [2.05, 4.69) is 11.6 Å². The molecule has 1 amide bonds. The van der Waals surface area contributed by atoms with Crippen LogP contribution in [0.5, 0.6) is 0 Å². The molecule has 1 aromatic carbocycles. The van der Waals surface area contributed by atoms with Crippen molar-refractivity contribution >= 4 is 17.7 Å².